The second kappa shape index (κ2) is 38.1. The van der Waals surface area contributed by atoms with Crippen molar-refractivity contribution in [3.8, 4) is 0 Å². The predicted molar refractivity (Wildman–Crippen MR) is 208 cm³/mol. The first-order valence-corrected chi connectivity index (χ1v) is 20.4. The van der Waals surface area contributed by atoms with Crippen LogP contribution >= 0.6 is 0 Å². The highest BCUT2D eigenvalue weighted by Gasteiger charge is 2.20. The Balaban J connectivity index is 3.65. The highest BCUT2D eigenvalue weighted by molar-refractivity contribution is 5.76. The van der Waals surface area contributed by atoms with E-state index >= 15 is 0 Å². The number of hydrogen-bond acceptors (Lipinski definition) is 4. The molecular formula is C43H79NO4. The lowest BCUT2D eigenvalue weighted by Gasteiger charge is -2.21. The molecule has 0 aliphatic carbocycles. The monoisotopic (exact) mass is 674 g/mol. The average Bonchev–Trinajstić information content (AvgIpc) is 3.08. The maximum Gasteiger partial charge on any atom is 0.222 e. The lowest BCUT2D eigenvalue weighted by Crippen LogP contribution is -2.45. The highest BCUT2D eigenvalue weighted by atomic mass is 16.3. The van der Waals surface area contributed by atoms with E-state index in [9.17, 15) is 20.1 Å². The molecule has 0 spiro atoms. The van der Waals surface area contributed by atoms with Gasteiger partial charge in [-0.1, -0.05) is 172 Å². The molecule has 280 valence electrons. The van der Waals surface area contributed by atoms with Crippen LogP contribution < -0.4 is 5.32 Å². The number of amides is 1. The van der Waals surface area contributed by atoms with Gasteiger partial charge in [-0.3, -0.25) is 4.79 Å². The van der Waals surface area contributed by atoms with Gasteiger partial charge in [-0.15, -0.1) is 0 Å². The molecule has 5 heteroatoms. The Labute approximate surface area is 297 Å². The molecule has 0 rings (SSSR count). The van der Waals surface area contributed by atoms with Crippen molar-refractivity contribution in [2.45, 2.75) is 212 Å². The van der Waals surface area contributed by atoms with E-state index in [0.29, 0.717) is 6.42 Å². The molecular weight excluding hydrogens is 594 g/mol. The molecule has 3 atom stereocenters. The number of rotatable bonds is 36. The van der Waals surface area contributed by atoms with Crippen LogP contribution in [0.15, 0.2) is 48.6 Å². The zero-order valence-electron chi connectivity index (χ0n) is 31.6. The van der Waals surface area contributed by atoms with Crippen LogP contribution in [0.2, 0.25) is 0 Å². The van der Waals surface area contributed by atoms with Crippen LogP contribution in [-0.4, -0.2) is 46.1 Å². The molecule has 0 aromatic carbocycles. The van der Waals surface area contributed by atoms with Gasteiger partial charge in [-0.2, -0.15) is 0 Å². The molecule has 0 bridgehead atoms. The molecule has 0 aliphatic rings. The summed E-state index contributed by atoms with van der Waals surface area (Å²) in [6.45, 7) is 4.06. The Hall–Kier alpha value is -1.69. The first-order valence-electron chi connectivity index (χ1n) is 20.4. The van der Waals surface area contributed by atoms with Gasteiger partial charge < -0.3 is 20.6 Å². The van der Waals surface area contributed by atoms with Crippen molar-refractivity contribution in [2.75, 3.05) is 6.61 Å². The molecule has 0 saturated heterocycles. The second-order valence-corrected chi connectivity index (χ2v) is 13.8. The normalized spacial score (nSPS) is 14.2. The Bertz CT molecular complexity index is 790. The molecule has 1 amide bonds. The Morgan fingerprint density at radius 3 is 1.44 bits per heavy atom. The van der Waals surface area contributed by atoms with Gasteiger partial charge in [0, 0.05) is 0 Å². The topological polar surface area (TPSA) is 89.8 Å². The molecule has 48 heavy (non-hydrogen) atoms. The number of carbonyl (C=O) groups is 1. The molecule has 0 radical (unpaired) electrons. The second-order valence-electron chi connectivity index (χ2n) is 13.8. The van der Waals surface area contributed by atoms with E-state index in [0.717, 1.165) is 44.9 Å². The van der Waals surface area contributed by atoms with Crippen LogP contribution in [0, 0.1) is 0 Å². The minimum Gasteiger partial charge on any atom is -0.394 e. The van der Waals surface area contributed by atoms with Crippen LogP contribution in [0.1, 0.15) is 194 Å². The van der Waals surface area contributed by atoms with Crippen molar-refractivity contribution >= 4 is 5.91 Å². The maximum atomic E-state index is 12.4. The Kier molecular flexibility index (Phi) is 36.8. The highest BCUT2D eigenvalue weighted by Crippen LogP contribution is 2.14. The fourth-order valence-electron chi connectivity index (χ4n) is 5.96. The van der Waals surface area contributed by atoms with E-state index in [2.05, 4.69) is 55.6 Å². The quantitative estimate of drug-likeness (QED) is 0.0393. The van der Waals surface area contributed by atoms with Gasteiger partial charge in [0.2, 0.25) is 5.91 Å². The molecule has 0 heterocycles. The zero-order chi connectivity index (χ0) is 35.2. The summed E-state index contributed by atoms with van der Waals surface area (Å²) in [5.74, 6) is -0.336. The van der Waals surface area contributed by atoms with Crippen LogP contribution in [0.5, 0.6) is 0 Å². The number of unbranched alkanes of at least 4 members (excludes halogenated alkanes) is 21. The van der Waals surface area contributed by atoms with Gasteiger partial charge in [-0.25, -0.2) is 0 Å². The van der Waals surface area contributed by atoms with E-state index < -0.39 is 18.2 Å². The third-order valence-electron chi connectivity index (χ3n) is 9.08. The van der Waals surface area contributed by atoms with Crippen molar-refractivity contribution in [1.82, 2.24) is 5.32 Å². The minimum absolute atomic E-state index is 0.00198. The molecule has 0 fully saturated rings. The van der Waals surface area contributed by atoms with Crippen molar-refractivity contribution < 1.29 is 20.1 Å². The van der Waals surface area contributed by atoms with Gasteiger partial charge in [0.05, 0.1) is 31.3 Å². The largest absolute Gasteiger partial charge is 0.394 e. The molecule has 0 aliphatic heterocycles. The third kappa shape index (κ3) is 34.2. The summed E-state index contributed by atoms with van der Waals surface area (Å²) in [6.07, 6.45) is 48.4. The van der Waals surface area contributed by atoms with Crippen LogP contribution in [0.25, 0.3) is 0 Å². The lowest BCUT2D eigenvalue weighted by molar-refractivity contribution is -0.124. The first-order chi connectivity index (χ1) is 23.5. The van der Waals surface area contributed by atoms with Crippen molar-refractivity contribution in [3.63, 3.8) is 0 Å². The molecule has 0 aromatic heterocycles. The summed E-state index contributed by atoms with van der Waals surface area (Å²) in [7, 11) is 0. The summed E-state index contributed by atoms with van der Waals surface area (Å²) in [4.78, 5) is 12.4. The lowest BCUT2D eigenvalue weighted by atomic mass is 10.0. The van der Waals surface area contributed by atoms with Gasteiger partial charge in [0.25, 0.3) is 0 Å². The summed E-state index contributed by atoms with van der Waals surface area (Å²) in [5, 5.41) is 33.0. The number of carbonyl (C=O) groups excluding carboxylic acids is 1. The molecule has 0 aromatic rings. The fraction of sp³-hybridized carbons (Fsp3) is 0.791. The number of nitrogens with one attached hydrogen (secondary N) is 1. The number of aliphatic hydroxyl groups excluding tert-OH is 3. The van der Waals surface area contributed by atoms with Crippen molar-refractivity contribution in [2.24, 2.45) is 0 Å². The molecule has 4 N–H and O–H groups in total. The number of aliphatic hydroxyl groups is 3. The average molecular weight is 674 g/mol. The van der Waals surface area contributed by atoms with Gasteiger partial charge in [0.15, 0.2) is 0 Å². The smallest absolute Gasteiger partial charge is 0.222 e. The van der Waals surface area contributed by atoms with Gasteiger partial charge >= 0.3 is 0 Å². The maximum absolute atomic E-state index is 12.4. The van der Waals surface area contributed by atoms with E-state index in [4.69, 9.17) is 0 Å². The standard InChI is InChI=1S/C43H79NO4/c1-3-5-7-9-11-13-15-16-17-18-19-20-21-22-23-24-25-26-27-28-30-32-34-36-40(46)38-43(48)44-41(39-45)42(47)37-35-33-31-29-14-12-10-8-6-4-2/h6,8,14,22-23,29,35,37,40-42,45-47H,3-5,7,9-13,15-21,24-28,30-34,36,38-39H2,1-2H3,(H,44,48)/b8-6+,23-22-,29-14+,37-35+. The fourth-order valence-corrected chi connectivity index (χ4v) is 5.96. The number of allylic oxidation sites excluding steroid dienone is 7. The summed E-state index contributed by atoms with van der Waals surface area (Å²) >= 11 is 0. The summed E-state index contributed by atoms with van der Waals surface area (Å²) in [5.41, 5.74) is 0. The van der Waals surface area contributed by atoms with Crippen molar-refractivity contribution in [3.05, 3.63) is 48.6 Å². The number of hydrogen-bond donors (Lipinski definition) is 4. The molecule has 0 saturated carbocycles. The summed E-state index contributed by atoms with van der Waals surface area (Å²) < 4.78 is 0. The van der Waals surface area contributed by atoms with Crippen LogP contribution in [-0.2, 0) is 4.79 Å². The van der Waals surface area contributed by atoms with E-state index in [1.54, 1.807) is 6.08 Å². The zero-order valence-corrected chi connectivity index (χ0v) is 31.6. The van der Waals surface area contributed by atoms with Crippen LogP contribution in [0.3, 0.4) is 0 Å². The Morgan fingerprint density at radius 2 is 0.958 bits per heavy atom. The third-order valence-corrected chi connectivity index (χ3v) is 9.08. The van der Waals surface area contributed by atoms with E-state index in [-0.39, 0.29) is 18.9 Å². The molecule has 3 unspecified atom stereocenters. The predicted octanol–water partition coefficient (Wildman–Crippen LogP) is 11.4. The molecule has 5 nitrogen and oxygen atoms in total. The van der Waals surface area contributed by atoms with Gasteiger partial charge in [0.1, 0.15) is 0 Å². The SMILES string of the molecule is CC/C=C/CC/C=C/CC/C=C/C(O)C(CO)NC(=O)CC(O)CCCCCCCCC/C=C\CCCCCCCCCCCCCC. The van der Waals surface area contributed by atoms with Crippen molar-refractivity contribution in [1.29, 1.82) is 0 Å². The van der Waals surface area contributed by atoms with E-state index in [1.807, 2.05) is 6.08 Å². The Morgan fingerprint density at radius 1 is 0.542 bits per heavy atom. The first kappa shape index (κ1) is 46.3. The summed E-state index contributed by atoms with van der Waals surface area (Å²) in [6, 6.07) is -0.767. The van der Waals surface area contributed by atoms with Crippen LogP contribution in [0.4, 0.5) is 0 Å². The van der Waals surface area contributed by atoms with E-state index in [1.165, 1.54) is 122 Å². The van der Waals surface area contributed by atoms with Gasteiger partial charge in [-0.05, 0) is 64.2 Å². The minimum atomic E-state index is -0.959.